The van der Waals surface area contributed by atoms with Gasteiger partial charge in [0.25, 0.3) is 0 Å². The van der Waals surface area contributed by atoms with Crippen molar-refractivity contribution in [2.75, 3.05) is 28.2 Å². The molecule has 0 fully saturated rings. The van der Waals surface area contributed by atoms with E-state index in [4.69, 9.17) is 0 Å². The van der Waals surface area contributed by atoms with E-state index in [0.29, 0.717) is 5.01 Å². The maximum absolute atomic E-state index is 14.4. The van der Waals surface area contributed by atoms with Gasteiger partial charge in [-0.3, -0.25) is 0 Å². The van der Waals surface area contributed by atoms with E-state index in [9.17, 15) is 25.2 Å². The van der Waals surface area contributed by atoms with Crippen LogP contribution in [0.4, 0.5) is 25.2 Å². The van der Waals surface area contributed by atoms with E-state index in [0.717, 1.165) is 28.2 Å². The summed E-state index contributed by atoms with van der Waals surface area (Å²) in [5, 5.41) is 0.846. The monoisotopic (exact) mass is 384 g/mol. The van der Waals surface area contributed by atoms with E-state index in [-0.39, 0.29) is 9.56 Å². The van der Waals surface area contributed by atoms with Crippen molar-refractivity contribution in [1.29, 1.82) is 0 Å². The molecule has 0 bridgehead atoms. The van der Waals surface area contributed by atoms with E-state index in [1.54, 1.807) is 4.86 Å². The van der Waals surface area contributed by atoms with Gasteiger partial charge in [-0.25, -0.2) is 0 Å². The molecule has 0 aromatic heterocycles. The summed E-state index contributed by atoms with van der Waals surface area (Å²) in [6, 6.07) is 0. The average Bonchev–Trinajstić information content (AvgIpc) is 2.09. The Morgan fingerprint density at radius 2 is 1.65 bits per heavy atom. The van der Waals surface area contributed by atoms with Crippen LogP contribution in [0.25, 0.3) is 0 Å². The zero-order chi connectivity index (χ0) is 16.0. The van der Waals surface area contributed by atoms with Gasteiger partial charge in [-0.15, -0.1) is 0 Å². The SMILES string of the molecule is CN(C)N1PNP(F)N=P(F)(F)N(N(C)C)P1(F)(F)F. The minimum absolute atomic E-state index is 0.191. The zero-order valence-electron chi connectivity index (χ0n) is 10.8. The molecule has 2 atom stereocenters. The van der Waals surface area contributed by atoms with Crippen LogP contribution in [0, 0.1) is 0 Å². The first kappa shape index (κ1) is 18.9. The van der Waals surface area contributed by atoms with Crippen LogP contribution in [-0.2, 0) is 0 Å². The van der Waals surface area contributed by atoms with Gasteiger partial charge in [-0.05, 0) is 0 Å². The summed E-state index contributed by atoms with van der Waals surface area (Å²) < 4.78 is 85.3. The summed E-state index contributed by atoms with van der Waals surface area (Å²) in [4.78, 5) is 1.77. The second-order valence-corrected chi connectivity index (χ2v) is 11.0. The molecule has 1 rings (SSSR count). The van der Waals surface area contributed by atoms with Crippen LogP contribution < -0.4 is 4.86 Å². The fraction of sp³-hybridized carbons (Fsp3) is 1.00. The number of rotatable bonds is 2. The van der Waals surface area contributed by atoms with Crippen LogP contribution in [-0.4, -0.2) is 47.3 Å². The molecule has 2 unspecified atom stereocenters. The second-order valence-electron chi connectivity index (χ2n) is 4.02. The molecule has 20 heavy (non-hydrogen) atoms. The fourth-order valence-corrected chi connectivity index (χ4v) is 9.09. The molecule has 1 N–H and O–H groups in total. The predicted octanol–water partition coefficient (Wildman–Crippen LogP) is 4.77. The van der Waals surface area contributed by atoms with Crippen molar-refractivity contribution in [2.24, 2.45) is 4.52 Å². The Hall–Kier alpha value is 0.900. The summed E-state index contributed by atoms with van der Waals surface area (Å²) in [5.74, 6) is 0. The first-order chi connectivity index (χ1) is 8.78. The summed E-state index contributed by atoms with van der Waals surface area (Å²) >= 11 is 0. The van der Waals surface area contributed by atoms with Crippen molar-refractivity contribution in [1.82, 2.24) is 24.0 Å². The standard InChI is InChI=1S/C4H14F6N6P4/c1-13(2)15-17-11-18(5)12-19(6,7)16(14(3)4)20(15,8,9)10/h11,17H,1-4H3. The molecule has 0 aliphatic carbocycles. The quantitative estimate of drug-likeness (QED) is 0.548. The van der Waals surface area contributed by atoms with Crippen molar-refractivity contribution >= 4 is 33.1 Å². The summed E-state index contributed by atoms with van der Waals surface area (Å²) in [5.41, 5.74) is 0. The van der Waals surface area contributed by atoms with Gasteiger partial charge < -0.3 is 0 Å². The minimum atomic E-state index is -7.69. The Bertz CT molecular complexity index is 419. The molecule has 0 spiro atoms. The first-order valence-electron chi connectivity index (χ1n) is 4.90. The Morgan fingerprint density at radius 3 is 2.05 bits per heavy atom. The summed E-state index contributed by atoms with van der Waals surface area (Å²) in [6.07, 6.45) is 0. The topological polar surface area (TPSA) is 37.4 Å². The fourth-order valence-electron chi connectivity index (χ4n) is 1.44. The van der Waals surface area contributed by atoms with Crippen LogP contribution in [0.1, 0.15) is 0 Å². The van der Waals surface area contributed by atoms with Gasteiger partial charge in [0, 0.05) is 0 Å². The molecule has 1 aliphatic heterocycles. The van der Waals surface area contributed by atoms with Crippen molar-refractivity contribution in [3.63, 3.8) is 0 Å². The number of hydrogen-bond acceptors (Lipinski definition) is 6. The molecular weight excluding hydrogens is 370 g/mol. The zero-order valence-corrected chi connectivity index (χ0v) is 14.5. The molecule has 1 heterocycles. The number of nitrogens with zero attached hydrogens (tertiary/aromatic N) is 5. The number of hydrogen-bond donors (Lipinski definition) is 1. The maximum atomic E-state index is 14.4. The number of halogens is 6. The van der Waals surface area contributed by atoms with Gasteiger partial charge in [0.2, 0.25) is 0 Å². The number of nitrogens with one attached hydrogen (secondary N) is 1. The Morgan fingerprint density at radius 1 is 1.15 bits per heavy atom. The van der Waals surface area contributed by atoms with Gasteiger partial charge in [0.15, 0.2) is 0 Å². The van der Waals surface area contributed by atoms with Crippen molar-refractivity contribution in [3.8, 4) is 0 Å². The van der Waals surface area contributed by atoms with Crippen molar-refractivity contribution < 1.29 is 25.2 Å². The number of hydrazine groups is 2. The molecule has 0 saturated carbocycles. The molecule has 0 aromatic rings. The van der Waals surface area contributed by atoms with E-state index < -0.39 is 37.6 Å². The molecule has 0 amide bonds. The molecule has 1 aliphatic rings. The van der Waals surface area contributed by atoms with Gasteiger partial charge in [-0.2, -0.15) is 0 Å². The Kier molecular flexibility index (Phi) is 5.53. The van der Waals surface area contributed by atoms with Crippen LogP contribution >= 0.6 is 33.1 Å². The summed E-state index contributed by atoms with van der Waals surface area (Å²) in [6.45, 7) is 0. The third-order valence-corrected chi connectivity index (χ3v) is 10.6. The molecule has 0 aromatic carbocycles. The van der Waals surface area contributed by atoms with Crippen LogP contribution in [0.3, 0.4) is 0 Å². The second kappa shape index (κ2) is 5.84. The van der Waals surface area contributed by atoms with E-state index in [1.165, 1.54) is 0 Å². The van der Waals surface area contributed by atoms with Crippen LogP contribution in [0.15, 0.2) is 4.52 Å². The van der Waals surface area contributed by atoms with E-state index in [2.05, 4.69) is 4.52 Å². The normalized spacial score (nSPS) is 34.2. The van der Waals surface area contributed by atoms with E-state index >= 15 is 0 Å². The molecule has 0 saturated heterocycles. The third kappa shape index (κ3) is 3.62. The molecule has 16 heteroatoms. The molecule has 6 nitrogen and oxygen atoms in total. The van der Waals surface area contributed by atoms with Crippen LogP contribution in [0.2, 0.25) is 0 Å². The van der Waals surface area contributed by atoms with Gasteiger partial charge >= 0.3 is 115 Å². The summed E-state index contributed by atoms with van der Waals surface area (Å²) in [7, 11) is -14.5. The molecule has 0 radical (unpaired) electrons. The molecule has 122 valence electrons. The first-order valence-corrected chi connectivity index (χ1v) is 10.3. The van der Waals surface area contributed by atoms with Crippen LogP contribution in [0.5, 0.6) is 0 Å². The van der Waals surface area contributed by atoms with E-state index in [1.807, 2.05) is 0 Å². The average molecular weight is 384 g/mol. The Labute approximate surface area is 116 Å². The Balaban J connectivity index is 3.55. The van der Waals surface area contributed by atoms with Gasteiger partial charge in [0.1, 0.15) is 0 Å². The van der Waals surface area contributed by atoms with Gasteiger partial charge in [0.05, 0.1) is 0 Å². The molecular formula is C4H14F6N6P4. The third-order valence-electron chi connectivity index (χ3n) is 1.96. The predicted molar refractivity (Wildman–Crippen MR) is 72.3 cm³/mol. The van der Waals surface area contributed by atoms with Crippen molar-refractivity contribution in [3.05, 3.63) is 0 Å². The van der Waals surface area contributed by atoms with Crippen molar-refractivity contribution in [2.45, 2.75) is 0 Å². The van der Waals surface area contributed by atoms with Gasteiger partial charge in [-0.1, -0.05) is 0 Å².